The van der Waals surface area contributed by atoms with E-state index in [1.807, 2.05) is 66.0 Å². The van der Waals surface area contributed by atoms with Crippen LogP contribution < -0.4 is 10.3 Å². The molecule has 0 bridgehead atoms. The summed E-state index contributed by atoms with van der Waals surface area (Å²) in [6, 6.07) is 19.5. The lowest BCUT2D eigenvalue weighted by molar-refractivity contribution is 0.465. The summed E-state index contributed by atoms with van der Waals surface area (Å²) in [6.07, 6.45) is 1.46. The molecule has 1 aromatic heterocycles. The second-order valence-corrected chi connectivity index (χ2v) is 5.56. The fourth-order valence-corrected chi connectivity index (χ4v) is 2.53. The third-order valence-corrected chi connectivity index (χ3v) is 3.70. The number of nitrogens with zero attached hydrogens (tertiary/aromatic N) is 2. The van der Waals surface area contributed by atoms with Gasteiger partial charge in [0.1, 0.15) is 5.82 Å². The van der Waals surface area contributed by atoms with Gasteiger partial charge in [0.2, 0.25) is 5.43 Å². The van der Waals surface area contributed by atoms with Gasteiger partial charge in [-0.15, -0.1) is 0 Å². The molecule has 0 aliphatic rings. The molecule has 3 rings (SSSR count). The van der Waals surface area contributed by atoms with Gasteiger partial charge in [-0.05, 0) is 23.3 Å². The number of anilines is 1. The molecular weight excluding hydrogens is 288 g/mol. The molecule has 0 radical (unpaired) electrons. The molecule has 116 valence electrons. The van der Waals surface area contributed by atoms with E-state index in [0.29, 0.717) is 5.82 Å². The van der Waals surface area contributed by atoms with Crippen LogP contribution in [0.15, 0.2) is 71.7 Å². The lowest BCUT2D eigenvalue weighted by Gasteiger charge is -2.20. The molecule has 4 heteroatoms. The Morgan fingerprint density at radius 2 is 1.61 bits per heavy atom. The Bertz CT molecular complexity index is 883. The van der Waals surface area contributed by atoms with Gasteiger partial charge in [0.25, 0.3) is 0 Å². The van der Waals surface area contributed by atoms with E-state index in [0.717, 1.165) is 16.8 Å². The van der Waals surface area contributed by atoms with Crippen LogP contribution in [0.4, 0.5) is 5.82 Å². The van der Waals surface area contributed by atoms with Gasteiger partial charge in [0, 0.05) is 25.8 Å². The van der Waals surface area contributed by atoms with E-state index in [1.54, 1.807) is 0 Å². The number of pyridine rings is 1. The Kier molecular flexibility index (Phi) is 3.89. The van der Waals surface area contributed by atoms with Gasteiger partial charge in [0.15, 0.2) is 5.75 Å². The Balaban J connectivity index is 2.17. The highest BCUT2D eigenvalue weighted by molar-refractivity contribution is 5.66. The van der Waals surface area contributed by atoms with Crippen molar-refractivity contribution in [2.45, 2.75) is 0 Å². The van der Waals surface area contributed by atoms with Gasteiger partial charge >= 0.3 is 0 Å². The van der Waals surface area contributed by atoms with Gasteiger partial charge < -0.3 is 10.0 Å². The maximum absolute atomic E-state index is 11.7. The Hall–Kier alpha value is -3.01. The zero-order chi connectivity index (χ0) is 16.4. The van der Waals surface area contributed by atoms with Crippen molar-refractivity contribution >= 4 is 5.82 Å². The van der Waals surface area contributed by atoms with Crippen LogP contribution >= 0.6 is 0 Å². The van der Waals surface area contributed by atoms with E-state index in [9.17, 15) is 9.90 Å². The first kappa shape index (κ1) is 14.9. The van der Waals surface area contributed by atoms with Gasteiger partial charge in [-0.1, -0.05) is 42.5 Å². The number of hydrogen-bond acceptors (Lipinski definition) is 3. The molecule has 1 heterocycles. The predicted octanol–water partition coefficient (Wildman–Crippen LogP) is 3.28. The Morgan fingerprint density at radius 1 is 0.913 bits per heavy atom. The molecule has 0 aliphatic heterocycles. The second-order valence-electron chi connectivity index (χ2n) is 5.56. The number of hydrogen-bond donors (Lipinski definition) is 1. The van der Waals surface area contributed by atoms with Crippen molar-refractivity contribution in [1.29, 1.82) is 0 Å². The Morgan fingerprint density at radius 3 is 2.30 bits per heavy atom. The molecule has 0 saturated heterocycles. The number of aromatic nitrogens is 1. The summed E-state index contributed by atoms with van der Waals surface area (Å²) >= 11 is 0. The molecule has 0 unspecified atom stereocenters. The summed E-state index contributed by atoms with van der Waals surface area (Å²) in [5.41, 5.74) is 2.69. The van der Waals surface area contributed by atoms with Crippen LogP contribution in [-0.2, 0) is 0 Å². The van der Waals surface area contributed by atoms with Crippen molar-refractivity contribution in [2.75, 3.05) is 19.0 Å². The first-order valence-corrected chi connectivity index (χ1v) is 7.35. The summed E-state index contributed by atoms with van der Waals surface area (Å²) in [4.78, 5) is 13.6. The Labute approximate surface area is 134 Å². The van der Waals surface area contributed by atoms with Crippen LogP contribution in [0.1, 0.15) is 0 Å². The molecule has 0 spiro atoms. The number of benzene rings is 2. The largest absolute Gasteiger partial charge is 0.503 e. The molecule has 0 atom stereocenters. The van der Waals surface area contributed by atoms with Crippen LogP contribution in [0.3, 0.4) is 0 Å². The van der Waals surface area contributed by atoms with E-state index >= 15 is 0 Å². The first-order valence-electron chi connectivity index (χ1n) is 7.35. The van der Waals surface area contributed by atoms with Gasteiger partial charge in [-0.3, -0.25) is 9.36 Å². The summed E-state index contributed by atoms with van der Waals surface area (Å²) in [7, 11) is 3.73. The van der Waals surface area contributed by atoms with Gasteiger partial charge in [-0.25, -0.2) is 0 Å². The minimum Gasteiger partial charge on any atom is -0.503 e. The number of rotatable bonds is 3. The maximum Gasteiger partial charge on any atom is 0.225 e. The highest BCUT2D eigenvalue weighted by Crippen LogP contribution is 2.25. The lowest BCUT2D eigenvalue weighted by atomic mass is 10.1. The quantitative estimate of drug-likeness (QED) is 0.808. The minimum absolute atomic E-state index is 0.263. The van der Waals surface area contributed by atoms with Crippen LogP contribution in [0, 0.1) is 0 Å². The molecular formula is C19H18N2O2. The predicted molar refractivity (Wildman–Crippen MR) is 93.5 cm³/mol. The third-order valence-electron chi connectivity index (χ3n) is 3.70. The molecule has 23 heavy (non-hydrogen) atoms. The van der Waals surface area contributed by atoms with Crippen molar-refractivity contribution in [2.24, 2.45) is 0 Å². The fraction of sp³-hybridized carbons (Fsp3) is 0.105. The zero-order valence-electron chi connectivity index (χ0n) is 13.1. The smallest absolute Gasteiger partial charge is 0.225 e. The molecule has 0 fully saturated rings. The molecule has 3 aromatic rings. The SMILES string of the molecule is CN(C)c1cc(=O)c(O)cn1-c1cccc(-c2ccccc2)c1. The maximum atomic E-state index is 11.7. The van der Waals surface area contributed by atoms with E-state index in [-0.39, 0.29) is 11.2 Å². The lowest BCUT2D eigenvalue weighted by Crippen LogP contribution is -2.18. The van der Waals surface area contributed by atoms with E-state index in [4.69, 9.17) is 0 Å². The summed E-state index contributed by atoms with van der Waals surface area (Å²) in [6.45, 7) is 0. The van der Waals surface area contributed by atoms with Crippen LogP contribution in [-0.4, -0.2) is 23.8 Å². The van der Waals surface area contributed by atoms with Crippen LogP contribution in [0.5, 0.6) is 5.75 Å². The second kappa shape index (κ2) is 6.01. The van der Waals surface area contributed by atoms with Gasteiger partial charge in [0.05, 0.1) is 6.20 Å². The summed E-state index contributed by atoms with van der Waals surface area (Å²) in [5.74, 6) is 0.443. The average Bonchev–Trinajstić information content (AvgIpc) is 2.57. The zero-order valence-corrected chi connectivity index (χ0v) is 13.1. The van der Waals surface area contributed by atoms with Crippen molar-refractivity contribution in [3.63, 3.8) is 0 Å². The van der Waals surface area contributed by atoms with Crippen molar-refractivity contribution in [3.8, 4) is 22.6 Å². The highest BCUT2D eigenvalue weighted by Gasteiger charge is 2.10. The molecule has 0 saturated carbocycles. The van der Waals surface area contributed by atoms with E-state index in [2.05, 4.69) is 12.1 Å². The topological polar surface area (TPSA) is 45.5 Å². The van der Waals surface area contributed by atoms with Crippen molar-refractivity contribution in [3.05, 3.63) is 77.1 Å². The number of aromatic hydroxyl groups is 1. The molecule has 2 aromatic carbocycles. The monoisotopic (exact) mass is 306 g/mol. The summed E-state index contributed by atoms with van der Waals surface area (Å²) in [5, 5.41) is 9.80. The van der Waals surface area contributed by atoms with Crippen molar-refractivity contribution in [1.82, 2.24) is 4.57 Å². The van der Waals surface area contributed by atoms with Crippen LogP contribution in [0.25, 0.3) is 16.8 Å². The van der Waals surface area contributed by atoms with E-state index in [1.165, 1.54) is 12.3 Å². The molecule has 4 nitrogen and oxygen atoms in total. The average molecular weight is 306 g/mol. The highest BCUT2D eigenvalue weighted by atomic mass is 16.3. The summed E-state index contributed by atoms with van der Waals surface area (Å²) < 4.78 is 1.81. The fourth-order valence-electron chi connectivity index (χ4n) is 2.53. The van der Waals surface area contributed by atoms with E-state index < -0.39 is 0 Å². The third kappa shape index (κ3) is 2.97. The first-order chi connectivity index (χ1) is 11.1. The normalized spacial score (nSPS) is 10.5. The van der Waals surface area contributed by atoms with Gasteiger partial charge in [-0.2, -0.15) is 0 Å². The molecule has 1 N–H and O–H groups in total. The minimum atomic E-state index is -0.385. The van der Waals surface area contributed by atoms with Crippen molar-refractivity contribution < 1.29 is 5.11 Å². The van der Waals surface area contributed by atoms with Crippen LogP contribution in [0.2, 0.25) is 0 Å². The standard InChI is InChI=1S/C19H18N2O2/c1-20(2)19-12-17(22)18(23)13-21(19)16-10-6-9-15(11-16)14-7-4-3-5-8-14/h3-13,23H,1-2H3. The molecule has 0 aliphatic carbocycles. The molecule has 0 amide bonds.